The molecule has 2 aromatic heterocycles. The molecule has 0 aliphatic carbocycles. The van der Waals surface area contributed by atoms with Crippen molar-refractivity contribution in [3.63, 3.8) is 0 Å². The number of nitrogens with one attached hydrogen (secondary N) is 2. The number of hydrogen-bond donors (Lipinski definition) is 2. The molecule has 0 aliphatic rings. The van der Waals surface area contributed by atoms with Crippen molar-refractivity contribution in [1.29, 1.82) is 0 Å². The summed E-state index contributed by atoms with van der Waals surface area (Å²) < 4.78 is 5.15. The summed E-state index contributed by atoms with van der Waals surface area (Å²) >= 11 is 0. The first-order valence-corrected chi connectivity index (χ1v) is 4.95. The third kappa shape index (κ3) is 1.13. The van der Waals surface area contributed by atoms with E-state index in [2.05, 4.69) is 9.97 Å². The highest BCUT2D eigenvalue weighted by molar-refractivity contribution is 6.07. The van der Waals surface area contributed by atoms with Crippen LogP contribution in [0, 0.1) is 0 Å². The van der Waals surface area contributed by atoms with Crippen LogP contribution in [0.3, 0.4) is 0 Å². The van der Waals surface area contributed by atoms with Gasteiger partial charge in [0.25, 0.3) is 0 Å². The summed E-state index contributed by atoms with van der Waals surface area (Å²) in [5.74, 6) is 0.812. The lowest BCUT2D eigenvalue weighted by Gasteiger charge is -1.98. The second-order valence-corrected chi connectivity index (χ2v) is 3.67. The van der Waals surface area contributed by atoms with Crippen LogP contribution in [-0.4, -0.2) is 23.4 Å². The minimum absolute atomic E-state index is 0.582. The number of fused-ring (bicyclic) bond motifs is 3. The first-order chi connectivity index (χ1) is 7.81. The molecule has 80 valence electrons. The van der Waals surface area contributed by atoms with Gasteiger partial charge >= 0.3 is 0 Å². The Morgan fingerprint density at radius 3 is 2.81 bits per heavy atom. The molecular formula is C12H10N2O2. The van der Waals surface area contributed by atoms with E-state index < -0.39 is 0 Å². The molecule has 0 saturated carbocycles. The van der Waals surface area contributed by atoms with E-state index in [1.165, 1.54) is 0 Å². The number of carbonyl (C=O) groups is 1. The van der Waals surface area contributed by atoms with E-state index in [4.69, 9.17) is 4.74 Å². The molecule has 16 heavy (non-hydrogen) atoms. The quantitative estimate of drug-likeness (QED) is 0.644. The molecule has 4 heteroatoms. The van der Waals surface area contributed by atoms with Gasteiger partial charge in [-0.25, -0.2) is 0 Å². The minimum atomic E-state index is 0.582. The van der Waals surface area contributed by atoms with Crippen molar-refractivity contribution in [3.05, 3.63) is 30.0 Å². The number of aromatic nitrogens is 2. The third-order valence-electron chi connectivity index (χ3n) is 2.73. The number of H-pyrrole nitrogens is 2. The number of carbonyl (C=O) groups excluding carboxylic acids is 1. The van der Waals surface area contributed by atoms with Gasteiger partial charge in [0.1, 0.15) is 5.75 Å². The summed E-state index contributed by atoms with van der Waals surface area (Å²) in [6.07, 6.45) is 0.809. The maximum Gasteiger partial charge on any atom is 0.166 e. The highest BCUT2D eigenvalue weighted by Crippen LogP contribution is 2.27. The Hall–Kier alpha value is -2.23. The van der Waals surface area contributed by atoms with E-state index in [0.29, 0.717) is 5.69 Å². The lowest BCUT2D eigenvalue weighted by molar-refractivity contribution is 0.112. The number of aromatic amines is 2. The SMILES string of the molecule is COc1ccc2c(c1)[nH]c1cc(C=O)[nH]c12. The standard InChI is InChI=1S/C12H10N2O2/c1-16-8-2-3-9-10(5-8)14-11-4-7(6-15)13-12(9)11/h2-6,13-14H,1H3. The third-order valence-corrected chi connectivity index (χ3v) is 2.73. The van der Waals surface area contributed by atoms with E-state index in [0.717, 1.165) is 34.0 Å². The number of methoxy groups -OCH3 is 1. The van der Waals surface area contributed by atoms with E-state index in [-0.39, 0.29) is 0 Å². The maximum atomic E-state index is 10.6. The van der Waals surface area contributed by atoms with Gasteiger partial charge in [-0.1, -0.05) is 0 Å². The first kappa shape index (κ1) is 9.03. The van der Waals surface area contributed by atoms with Gasteiger partial charge in [-0.15, -0.1) is 0 Å². The highest BCUT2D eigenvalue weighted by atomic mass is 16.5. The van der Waals surface area contributed by atoms with Gasteiger partial charge in [-0.2, -0.15) is 0 Å². The molecule has 0 amide bonds. The average molecular weight is 214 g/mol. The molecular weight excluding hydrogens is 204 g/mol. The summed E-state index contributed by atoms with van der Waals surface area (Å²) in [7, 11) is 1.64. The summed E-state index contributed by atoms with van der Waals surface area (Å²) in [5.41, 5.74) is 3.47. The molecule has 0 fully saturated rings. The number of ether oxygens (including phenoxy) is 1. The fourth-order valence-corrected chi connectivity index (χ4v) is 1.97. The normalized spacial score (nSPS) is 11.1. The predicted molar refractivity (Wildman–Crippen MR) is 62.1 cm³/mol. The van der Waals surface area contributed by atoms with E-state index >= 15 is 0 Å². The zero-order chi connectivity index (χ0) is 11.1. The zero-order valence-electron chi connectivity index (χ0n) is 8.70. The molecule has 0 radical (unpaired) electrons. The highest BCUT2D eigenvalue weighted by Gasteiger charge is 2.08. The first-order valence-electron chi connectivity index (χ1n) is 4.95. The lowest BCUT2D eigenvalue weighted by atomic mass is 10.2. The molecule has 1 aromatic carbocycles. The Labute approximate surface area is 91.2 Å². The van der Waals surface area contributed by atoms with E-state index in [1.54, 1.807) is 13.2 Å². The van der Waals surface area contributed by atoms with Crippen LogP contribution < -0.4 is 4.74 Å². The van der Waals surface area contributed by atoms with Crippen molar-refractivity contribution >= 4 is 28.2 Å². The van der Waals surface area contributed by atoms with E-state index in [1.807, 2.05) is 18.2 Å². The maximum absolute atomic E-state index is 10.6. The fourth-order valence-electron chi connectivity index (χ4n) is 1.97. The van der Waals surface area contributed by atoms with Crippen LogP contribution in [0.15, 0.2) is 24.3 Å². The molecule has 0 bridgehead atoms. The Morgan fingerprint density at radius 1 is 1.19 bits per heavy atom. The van der Waals surface area contributed by atoms with Gasteiger partial charge < -0.3 is 14.7 Å². The van der Waals surface area contributed by atoms with Crippen LogP contribution in [0.4, 0.5) is 0 Å². The van der Waals surface area contributed by atoms with Crippen LogP contribution in [-0.2, 0) is 0 Å². The van der Waals surface area contributed by atoms with Crippen molar-refractivity contribution in [1.82, 2.24) is 9.97 Å². The fraction of sp³-hybridized carbons (Fsp3) is 0.0833. The molecule has 2 heterocycles. The van der Waals surface area contributed by atoms with Gasteiger partial charge in [0, 0.05) is 11.5 Å². The van der Waals surface area contributed by atoms with E-state index in [9.17, 15) is 4.79 Å². The number of aldehydes is 1. The summed E-state index contributed by atoms with van der Waals surface area (Å²) in [6.45, 7) is 0. The molecule has 3 rings (SSSR count). The number of rotatable bonds is 2. The molecule has 2 N–H and O–H groups in total. The molecule has 0 saturated heterocycles. The molecule has 3 aromatic rings. The molecule has 0 aliphatic heterocycles. The topological polar surface area (TPSA) is 57.9 Å². The Bertz CT molecular complexity index is 679. The molecule has 0 spiro atoms. The molecule has 4 nitrogen and oxygen atoms in total. The van der Waals surface area contributed by atoms with Crippen molar-refractivity contribution in [2.45, 2.75) is 0 Å². The van der Waals surface area contributed by atoms with Crippen molar-refractivity contribution in [2.75, 3.05) is 7.11 Å². The van der Waals surface area contributed by atoms with Crippen molar-refractivity contribution in [2.24, 2.45) is 0 Å². The summed E-state index contributed by atoms with van der Waals surface area (Å²) in [4.78, 5) is 16.9. The Morgan fingerprint density at radius 2 is 2.06 bits per heavy atom. The van der Waals surface area contributed by atoms with Crippen LogP contribution in [0.5, 0.6) is 5.75 Å². The van der Waals surface area contributed by atoms with Crippen molar-refractivity contribution < 1.29 is 9.53 Å². The number of hydrogen-bond acceptors (Lipinski definition) is 2. The van der Waals surface area contributed by atoms with Crippen LogP contribution in [0.1, 0.15) is 10.5 Å². The van der Waals surface area contributed by atoms with Gasteiger partial charge in [0.15, 0.2) is 6.29 Å². The largest absolute Gasteiger partial charge is 0.497 e. The van der Waals surface area contributed by atoms with Gasteiger partial charge in [0.2, 0.25) is 0 Å². The monoisotopic (exact) mass is 214 g/mol. The van der Waals surface area contributed by atoms with Gasteiger partial charge in [-0.3, -0.25) is 4.79 Å². The van der Waals surface area contributed by atoms with Gasteiger partial charge in [0.05, 0.1) is 29.4 Å². The minimum Gasteiger partial charge on any atom is -0.497 e. The predicted octanol–water partition coefficient (Wildman–Crippen LogP) is 2.47. The Balaban J connectivity index is 2.35. The molecule has 0 unspecified atom stereocenters. The Kier molecular flexibility index (Phi) is 1.77. The molecule has 0 atom stereocenters. The van der Waals surface area contributed by atoms with Crippen LogP contribution in [0.2, 0.25) is 0 Å². The lowest BCUT2D eigenvalue weighted by Crippen LogP contribution is -1.81. The second kappa shape index (κ2) is 3.13. The van der Waals surface area contributed by atoms with Crippen LogP contribution in [0.25, 0.3) is 21.9 Å². The van der Waals surface area contributed by atoms with Crippen LogP contribution >= 0.6 is 0 Å². The second-order valence-electron chi connectivity index (χ2n) is 3.67. The summed E-state index contributed by atoms with van der Waals surface area (Å²) in [6, 6.07) is 7.60. The van der Waals surface area contributed by atoms with Crippen molar-refractivity contribution in [3.8, 4) is 5.75 Å². The average Bonchev–Trinajstić information content (AvgIpc) is 2.84. The smallest absolute Gasteiger partial charge is 0.166 e. The van der Waals surface area contributed by atoms with Gasteiger partial charge in [-0.05, 0) is 18.2 Å². The zero-order valence-corrected chi connectivity index (χ0v) is 8.70. The summed E-state index contributed by atoms with van der Waals surface area (Å²) in [5, 5.41) is 1.06. The number of benzene rings is 1.